The molecule has 3 heteroatoms. The minimum absolute atomic E-state index is 0.267. The Kier molecular flexibility index (Phi) is 1.97. The maximum Gasteiger partial charge on any atom is 0.0957 e. The fourth-order valence-electron chi connectivity index (χ4n) is 2.73. The van der Waals surface area contributed by atoms with E-state index in [1.54, 1.807) is 0 Å². The number of anilines is 1. The zero-order chi connectivity index (χ0) is 10.4. The van der Waals surface area contributed by atoms with Crippen LogP contribution >= 0.6 is 0 Å². The smallest absolute Gasteiger partial charge is 0.0957 e. The van der Waals surface area contributed by atoms with Gasteiger partial charge in [0.2, 0.25) is 0 Å². The molecule has 0 bridgehead atoms. The zero-order valence-corrected chi connectivity index (χ0v) is 8.99. The summed E-state index contributed by atoms with van der Waals surface area (Å²) in [5.74, 6) is 0. The van der Waals surface area contributed by atoms with Crippen LogP contribution in [0.25, 0.3) is 0 Å². The molecule has 0 saturated carbocycles. The number of rotatable bonds is 0. The van der Waals surface area contributed by atoms with Crippen molar-refractivity contribution in [2.75, 3.05) is 25.9 Å². The van der Waals surface area contributed by atoms with Crippen LogP contribution in [-0.4, -0.2) is 25.1 Å². The molecule has 3 rings (SSSR count). The van der Waals surface area contributed by atoms with Gasteiger partial charge in [-0.15, -0.1) is 0 Å². The molecule has 2 heterocycles. The quantitative estimate of drug-likeness (QED) is 0.648. The van der Waals surface area contributed by atoms with Crippen molar-refractivity contribution < 1.29 is 4.74 Å². The molecule has 80 valence electrons. The van der Waals surface area contributed by atoms with Crippen molar-refractivity contribution in [3.8, 4) is 0 Å². The van der Waals surface area contributed by atoms with Crippen LogP contribution in [0.1, 0.15) is 22.8 Å². The lowest BCUT2D eigenvalue weighted by molar-refractivity contribution is 0.00986. The molecule has 1 aromatic carbocycles. The van der Waals surface area contributed by atoms with Crippen molar-refractivity contribution in [1.82, 2.24) is 4.90 Å². The van der Waals surface area contributed by atoms with E-state index in [-0.39, 0.29) is 6.10 Å². The predicted molar refractivity (Wildman–Crippen MR) is 59.6 cm³/mol. The lowest BCUT2D eigenvalue weighted by Gasteiger charge is -2.36. The number of hydrogen-bond acceptors (Lipinski definition) is 3. The number of nitrogens with zero attached hydrogens (tertiary/aromatic N) is 1. The van der Waals surface area contributed by atoms with Crippen molar-refractivity contribution in [2.24, 2.45) is 0 Å². The van der Waals surface area contributed by atoms with Crippen LogP contribution in [0.3, 0.4) is 0 Å². The Bertz CT molecular complexity index is 403. The first-order valence-corrected chi connectivity index (χ1v) is 5.45. The number of likely N-dealkylation sites (N-methyl/N-ethyl adjacent to an activating group) is 1. The van der Waals surface area contributed by atoms with E-state index in [9.17, 15) is 0 Å². The molecule has 1 unspecified atom stereocenters. The SMILES string of the molecule is CN1Cc2cc(N)cc3c2C(C1)OCC3. The van der Waals surface area contributed by atoms with E-state index in [4.69, 9.17) is 10.5 Å². The number of ether oxygens (including phenoxy) is 1. The lowest BCUT2D eigenvalue weighted by Crippen LogP contribution is -2.35. The van der Waals surface area contributed by atoms with E-state index >= 15 is 0 Å². The third kappa shape index (κ3) is 1.43. The Morgan fingerprint density at radius 3 is 3.07 bits per heavy atom. The standard InChI is InChI=1S/C12H16N2O/c1-14-6-9-5-10(13)4-8-2-3-15-11(7-14)12(8)9/h4-5,11H,2-3,6-7,13H2,1H3. The van der Waals surface area contributed by atoms with Crippen molar-refractivity contribution in [3.05, 3.63) is 28.8 Å². The molecule has 2 aliphatic heterocycles. The Labute approximate surface area is 89.8 Å². The summed E-state index contributed by atoms with van der Waals surface area (Å²) in [6.07, 6.45) is 1.27. The first kappa shape index (κ1) is 9.19. The summed E-state index contributed by atoms with van der Waals surface area (Å²) in [6.45, 7) is 2.82. The molecule has 2 aliphatic rings. The highest BCUT2D eigenvalue weighted by Gasteiger charge is 2.29. The molecular formula is C12H16N2O. The van der Waals surface area contributed by atoms with Crippen molar-refractivity contribution >= 4 is 5.69 Å². The minimum atomic E-state index is 0.267. The average molecular weight is 204 g/mol. The van der Waals surface area contributed by atoms with Crippen LogP contribution in [0.15, 0.2) is 12.1 Å². The van der Waals surface area contributed by atoms with Gasteiger partial charge in [0.1, 0.15) is 0 Å². The Balaban J connectivity index is 2.16. The number of nitrogen functional groups attached to an aromatic ring is 1. The highest BCUT2D eigenvalue weighted by atomic mass is 16.5. The van der Waals surface area contributed by atoms with E-state index in [2.05, 4.69) is 24.1 Å². The third-order valence-corrected chi connectivity index (χ3v) is 3.30. The van der Waals surface area contributed by atoms with Crippen LogP contribution in [0, 0.1) is 0 Å². The van der Waals surface area contributed by atoms with Crippen LogP contribution in [-0.2, 0) is 17.7 Å². The van der Waals surface area contributed by atoms with E-state index in [0.29, 0.717) is 0 Å². The van der Waals surface area contributed by atoms with Crippen LogP contribution in [0.2, 0.25) is 0 Å². The van der Waals surface area contributed by atoms with Gasteiger partial charge < -0.3 is 10.5 Å². The number of hydrogen-bond donors (Lipinski definition) is 1. The topological polar surface area (TPSA) is 38.5 Å². The molecule has 3 nitrogen and oxygen atoms in total. The summed E-state index contributed by atoms with van der Waals surface area (Å²) >= 11 is 0. The molecule has 1 aromatic rings. The van der Waals surface area contributed by atoms with Crippen LogP contribution in [0.5, 0.6) is 0 Å². The second kappa shape index (κ2) is 3.22. The molecule has 0 amide bonds. The fourth-order valence-corrected chi connectivity index (χ4v) is 2.73. The molecule has 0 aliphatic carbocycles. The molecule has 0 aromatic heterocycles. The summed E-state index contributed by atoms with van der Waals surface area (Å²) < 4.78 is 5.81. The van der Waals surface area contributed by atoms with Crippen molar-refractivity contribution in [1.29, 1.82) is 0 Å². The molecule has 2 N–H and O–H groups in total. The summed E-state index contributed by atoms with van der Waals surface area (Å²) in [5.41, 5.74) is 11.0. The summed E-state index contributed by atoms with van der Waals surface area (Å²) in [4.78, 5) is 2.29. The second-order valence-electron chi connectivity index (χ2n) is 4.56. The van der Waals surface area contributed by atoms with Gasteiger partial charge in [-0.3, -0.25) is 4.90 Å². The molecule has 0 radical (unpaired) electrons. The molecule has 1 atom stereocenters. The molecule has 15 heavy (non-hydrogen) atoms. The van der Waals surface area contributed by atoms with Gasteiger partial charge >= 0.3 is 0 Å². The van der Waals surface area contributed by atoms with Crippen LogP contribution < -0.4 is 5.73 Å². The Morgan fingerprint density at radius 1 is 1.40 bits per heavy atom. The van der Waals surface area contributed by atoms with Crippen LogP contribution in [0.4, 0.5) is 5.69 Å². The fraction of sp³-hybridized carbons (Fsp3) is 0.500. The Morgan fingerprint density at radius 2 is 2.20 bits per heavy atom. The molecule has 0 fully saturated rings. The molecule has 0 saturated heterocycles. The molecular weight excluding hydrogens is 188 g/mol. The van der Waals surface area contributed by atoms with E-state index < -0.39 is 0 Å². The first-order valence-electron chi connectivity index (χ1n) is 5.45. The van der Waals surface area contributed by atoms with Crippen molar-refractivity contribution in [3.63, 3.8) is 0 Å². The highest BCUT2D eigenvalue weighted by Crippen LogP contribution is 2.36. The van der Waals surface area contributed by atoms with Gasteiger partial charge in [-0.05, 0) is 42.3 Å². The zero-order valence-electron chi connectivity index (χ0n) is 8.99. The van der Waals surface area contributed by atoms with Gasteiger partial charge in [-0.25, -0.2) is 0 Å². The summed E-state index contributed by atoms with van der Waals surface area (Å²) in [5, 5.41) is 0. The summed E-state index contributed by atoms with van der Waals surface area (Å²) in [6, 6.07) is 4.20. The lowest BCUT2D eigenvalue weighted by atomic mass is 9.89. The Hall–Kier alpha value is -1.06. The van der Waals surface area contributed by atoms with Gasteiger partial charge in [-0.1, -0.05) is 0 Å². The number of nitrogens with two attached hydrogens (primary N) is 1. The maximum atomic E-state index is 5.91. The highest BCUT2D eigenvalue weighted by molar-refractivity contribution is 5.52. The average Bonchev–Trinajstić information content (AvgIpc) is 2.16. The minimum Gasteiger partial charge on any atom is -0.399 e. The van der Waals surface area contributed by atoms with Gasteiger partial charge in [-0.2, -0.15) is 0 Å². The van der Waals surface area contributed by atoms with E-state index in [1.807, 2.05) is 0 Å². The second-order valence-corrected chi connectivity index (χ2v) is 4.56. The summed E-state index contributed by atoms with van der Waals surface area (Å²) in [7, 11) is 2.13. The van der Waals surface area contributed by atoms with Gasteiger partial charge in [0, 0.05) is 18.8 Å². The number of benzene rings is 1. The van der Waals surface area contributed by atoms with Gasteiger partial charge in [0.15, 0.2) is 0 Å². The monoisotopic (exact) mass is 204 g/mol. The predicted octanol–water partition coefficient (Wildman–Crippen LogP) is 1.33. The largest absolute Gasteiger partial charge is 0.399 e. The first-order chi connectivity index (χ1) is 7.24. The normalized spacial score (nSPS) is 25.0. The maximum absolute atomic E-state index is 5.91. The van der Waals surface area contributed by atoms with E-state index in [1.165, 1.54) is 16.7 Å². The van der Waals surface area contributed by atoms with Crippen molar-refractivity contribution in [2.45, 2.75) is 19.1 Å². The van der Waals surface area contributed by atoms with Gasteiger partial charge in [0.25, 0.3) is 0 Å². The van der Waals surface area contributed by atoms with Gasteiger partial charge in [0.05, 0.1) is 12.7 Å². The molecule has 0 spiro atoms. The van der Waals surface area contributed by atoms with E-state index in [0.717, 1.165) is 31.8 Å². The third-order valence-electron chi connectivity index (χ3n) is 3.30.